The molecule has 0 fully saturated rings. The summed E-state index contributed by atoms with van der Waals surface area (Å²) >= 11 is 1.59. The van der Waals surface area contributed by atoms with Crippen LogP contribution in [0.5, 0.6) is 0 Å². The second kappa shape index (κ2) is 5.05. The molecule has 1 rings (SSSR count). The van der Waals surface area contributed by atoms with E-state index in [9.17, 15) is 5.11 Å². The summed E-state index contributed by atoms with van der Waals surface area (Å²) in [5, 5.41) is 12.7. The molecule has 0 aliphatic carbocycles. The highest BCUT2D eigenvalue weighted by atomic mass is 32.1. The Labute approximate surface area is 95.1 Å². The molecule has 0 radical (unpaired) electrons. The van der Waals surface area contributed by atoms with Crippen molar-refractivity contribution in [2.24, 2.45) is 0 Å². The van der Waals surface area contributed by atoms with E-state index in [1.807, 2.05) is 12.3 Å². The minimum atomic E-state index is -0.600. The van der Waals surface area contributed by atoms with Gasteiger partial charge in [0.1, 0.15) is 6.10 Å². The van der Waals surface area contributed by atoms with Crippen LogP contribution < -0.4 is 0 Å². The van der Waals surface area contributed by atoms with Gasteiger partial charge < -0.3 is 9.84 Å². The monoisotopic (exact) mass is 229 g/mol. The van der Waals surface area contributed by atoms with E-state index in [4.69, 9.17) is 4.74 Å². The Hall–Kier alpha value is -0.450. The molecule has 0 aliphatic rings. The number of thiazole rings is 1. The van der Waals surface area contributed by atoms with Crippen LogP contribution in [-0.4, -0.2) is 23.3 Å². The van der Waals surface area contributed by atoms with Gasteiger partial charge in [-0.1, -0.05) is 20.8 Å². The Kier molecular flexibility index (Phi) is 4.25. The third-order valence-corrected chi connectivity index (χ3v) is 3.27. The molecule has 1 aromatic rings. The number of nitrogens with zero attached hydrogens (tertiary/aromatic N) is 1. The summed E-state index contributed by atoms with van der Waals surface area (Å²) < 4.78 is 5.16. The second-order valence-corrected chi connectivity index (χ2v) is 5.36. The van der Waals surface area contributed by atoms with E-state index in [0.29, 0.717) is 13.2 Å². The summed E-state index contributed by atoms with van der Waals surface area (Å²) in [6.07, 6.45) is -0.600. The van der Waals surface area contributed by atoms with E-state index in [-0.39, 0.29) is 5.41 Å². The van der Waals surface area contributed by atoms with Gasteiger partial charge in [-0.3, -0.25) is 0 Å². The molecule has 1 aromatic heterocycles. The zero-order chi connectivity index (χ0) is 11.5. The highest BCUT2D eigenvalue weighted by molar-refractivity contribution is 7.09. The normalized spacial score (nSPS) is 14.2. The number of rotatable bonds is 4. The van der Waals surface area contributed by atoms with Gasteiger partial charge >= 0.3 is 0 Å². The van der Waals surface area contributed by atoms with Crippen LogP contribution in [0.1, 0.15) is 44.5 Å². The van der Waals surface area contributed by atoms with E-state index in [0.717, 1.165) is 10.7 Å². The molecule has 0 amide bonds. The van der Waals surface area contributed by atoms with Crippen molar-refractivity contribution in [3.05, 3.63) is 16.1 Å². The van der Waals surface area contributed by atoms with Crippen molar-refractivity contribution in [2.45, 2.75) is 39.2 Å². The van der Waals surface area contributed by atoms with Crippen molar-refractivity contribution in [3.8, 4) is 0 Å². The van der Waals surface area contributed by atoms with Gasteiger partial charge in [0, 0.05) is 17.4 Å². The first kappa shape index (κ1) is 12.6. The van der Waals surface area contributed by atoms with Crippen molar-refractivity contribution < 1.29 is 9.84 Å². The van der Waals surface area contributed by atoms with E-state index < -0.39 is 6.10 Å². The first-order valence-electron chi connectivity index (χ1n) is 5.17. The minimum Gasteiger partial charge on any atom is -0.384 e. The van der Waals surface area contributed by atoms with Gasteiger partial charge in [-0.25, -0.2) is 4.98 Å². The molecule has 0 aromatic carbocycles. The largest absolute Gasteiger partial charge is 0.384 e. The maximum absolute atomic E-state index is 9.75. The average molecular weight is 229 g/mol. The smallest absolute Gasteiger partial charge is 0.120 e. The molecule has 0 saturated carbocycles. The summed E-state index contributed by atoms with van der Waals surface area (Å²) in [6.45, 7) is 9.20. The lowest BCUT2D eigenvalue weighted by molar-refractivity contribution is 0.0399. The van der Waals surface area contributed by atoms with E-state index >= 15 is 0 Å². The van der Waals surface area contributed by atoms with Crippen LogP contribution in [0.4, 0.5) is 0 Å². The van der Waals surface area contributed by atoms with Gasteiger partial charge in [-0.05, 0) is 6.92 Å². The van der Waals surface area contributed by atoms with Gasteiger partial charge in [0.25, 0.3) is 0 Å². The summed E-state index contributed by atoms with van der Waals surface area (Å²) in [7, 11) is 0. The maximum Gasteiger partial charge on any atom is 0.120 e. The van der Waals surface area contributed by atoms with Crippen molar-refractivity contribution in [2.75, 3.05) is 13.2 Å². The number of hydrogen-bond acceptors (Lipinski definition) is 4. The Balaban J connectivity index is 2.67. The second-order valence-electron chi connectivity index (χ2n) is 4.50. The molecular formula is C11H19NO2S. The highest BCUT2D eigenvalue weighted by Gasteiger charge is 2.20. The molecule has 0 saturated heterocycles. The summed E-state index contributed by atoms with van der Waals surface area (Å²) in [5.41, 5.74) is 0.771. The third-order valence-electron chi connectivity index (χ3n) is 1.98. The van der Waals surface area contributed by atoms with Gasteiger partial charge in [-0.2, -0.15) is 0 Å². The van der Waals surface area contributed by atoms with Crippen LogP contribution in [0.15, 0.2) is 5.38 Å². The predicted molar refractivity (Wildman–Crippen MR) is 62.3 cm³/mol. The molecule has 0 aliphatic heterocycles. The van der Waals surface area contributed by atoms with E-state index in [1.54, 1.807) is 11.3 Å². The number of ether oxygens (including phenoxy) is 1. The van der Waals surface area contributed by atoms with Crippen LogP contribution >= 0.6 is 11.3 Å². The lowest BCUT2D eigenvalue weighted by Gasteiger charge is -2.14. The van der Waals surface area contributed by atoms with Crippen molar-refractivity contribution >= 4 is 11.3 Å². The lowest BCUT2D eigenvalue weighted by Crippen LogP contribution is -2.12. The molecular weight excluding hydrogens is 210 g/mol. The zero-order valence-corrected chi connectivity index (χ0v) is 10.6. The fourth-order valence-electron chi connectivity index (χ4n) is 1.10. The molecule has 1 heterocycles. The summed E-state index contributed by atoms with van der Waals surface area (Å²) in [5.74, 6) is 0. The van der Waals surface area contributed by atoms with Gasteiger partial charge in [-0.15, -0.1) is 11.3 Å². The first-order valence-corrected chi connectivity index (χ1v) is 6.04. The molecule has 0 spiro atoms. The molecule has 86 valence electrons. The van der Waals surface area contributed by atoms with Crippen molar-refractivity contribution in [1.82, 2.24) is 4.98 Å². The Morgan fingerprint density at radius 3 is 2.67 bits per heavy atom. The van der Waals surface area contributed by atoms with Crippen molar-refractivity contribution in [3.63, 3.8) is 0 Å². The third kappa shape index (κ3) is 3.55. The molecule has 3 nitrogen and oxygen atoms in total. The van der Waals surface area contributed by atoms with Crippen molar-refractivity contribution in [1.29, 1.82) is 0 Å². The topological polar surface area (TPSA) is 42.4 Å². The Morgan fingerprint density at radius 2 is 2.20 bits per heavy atom. The Morgan fingerprint density at radius 1 is 1.53 bits per heavy atom. The summed E-state index contributed by atoms with van der Waals surface area (Å²) in [4.78, 5) is 4.42. The van der Waals surface area contributed by atoms with Crippen LogP contribution in [0.3, 0.4) is 0 Å². The number of hydrogen-bond donors (Lipinski definition) is 1. The quantitative estimate of drug-likeness (QED) is 0.862. The number of aliphatic hydroxyl groups is 1. The average Bonchev–Trinajstić information content (AvgIpc) is 2.62. The van der Waals surface area contributed by atoms with Crippen LogP contribution in [-0.2, 0) is 10.2 Å². The van der Waals surface area contributed by atoms with E-state index in [1.165, 1.54) is 0 Å². The lowest BCUT2D eigenvalue weighted by atomic mass is 9.98. The molecule has 15 heavy (non-hydrogen) atoms. The standard InChI is InChI=1S/C11H19NO2S/c1-5-14-6-9(13)8-7-15-10(12-8)11(2,3)4/h7,9,13H,5-6H2,1-4H3. The van der Waals surface area contributed by atoms with Crippen LogP contribution in [0, 0.1) is 0 Å². The Bertz CT molecular complexity index is 304. The van der Waals surface area contributed by atoms with Gasteiger partial charge in [0.2, 0.25) is 0 Å². The molecule has 1 N–H and O–H groups in total. The molecule has 4 heteroatoms. The number of aromatic nitrogens is 1. The molecule has 1 atom stereocenters. The SMILES string of the molecule is CCOCC(O)c1csc(C(C)(C)C)n1. The molecule has 1 unspecified atom stereocenters. The fourth-order valence-corrected chi connectivity index (χ4v) is 2.05. The first-order chi connectivity index (χ1) is 6.95. The van der Waals surface area contributed by atoms with Crippen LogP contribution in [0.2, 0.25) is 0 Å². The number of aliphatic hydroxyl groups excluding tert-OH is 1. The predicted octanol–water partition coefficient (Wildman–Crippen LogP) is 2.51. The maximum atomic E-state index is 9.75. The van der Waals surface area contributed by atoms with Crippen LogP contribution in [0.25, 0.3) is 0 Å². The van der Waals surface area contributed by atoms with Gasteiger partial charge in [0.15, 0.2) is 0 Å². The summed E-state index contributed by atoms with van der Waals surface area (Å²) in [6, 6.07) is 0. The van der Waals surface area contributed by atoms with Gasteiger partial charge in [0.05, 0.1) is 17.3 Å². The zero-order valence-electron chi connectivity index (χ0n) is 9.78. The highest BCUT2D eigenvalue weighted by Crippen LogP contribution is 2.27. The molecule has 0 bridgehead atoms. The minimum absolute atomic E-state index is 0.0499. The van der Waals surface area contributed by atoms with E-state index in [2.05, 4.69) is 25.8 Å². The fraction of sp³-hybridized carbons (Fsp3) is 0.727.